The van der Waals surface area contributed by atoms with Gasteiger partial charge in [0.15, 0.2) is 11.6 Å². The van der Waals surface area contributed by atoms with Crippen LogP contribution >= 0.6 is 0 Å². The Morgan fingerprint density at radius 3 is 2.17 bits per heavy atom. The van der Waals surface area contributed by atoms with Crippen molar-refractivity contribution in [1.29, 1.82) is 0 Å². The number of fused-ring (bicyclic) bond motifs is 1. The normalized spacial score (nSPS) is 11.2. The van der Waals surface area contributed by atoms with E-state index < -0.39 is 10.0 Å². The summed E-state index contributed by atoms with van der Waals surface area (Å²) in [6.45, 7) is 0. The van der Waals surface area contributed by atoms with E-state index in [9.17, 15) is 8.42 Å². The molecule has 0 aliphatic carbocycles. The van der Waals surface area contributed by atoms with Crippen LogP contribution in [0.5, 0.6) is 5.75 Å². The topological polar surface area (TPSA) is 119 Å². The van der Waals surface area contributed by atoms with Gasteiger partial charge in [-0.2, -0.15) is 0 Å². The Kier molecular flexibility index (Phi) is 5.11. The van der Waals surface area contributed by atoms with Gasteiger partial charge in [-0.05, 0) is 30.3 Å². The number of nitrogen functional groups attached to an aromatic ring is 1. The standard InChI is InChI=1S/C21H19N5O3S/c1-29-16-12-14(22)11-15(13-16)23-20-21(25-19-10-6-5-9-18(19)24-20)26-30(27,28)17-7-3-2-4-8-17/h2-13H,22H2,1H3,(H,23,24)(H,25,26). The number of methoxy groups -OCH3 is 1. The number of ether oxygens (including phenoxy) is 1. The number of rotatable bonds is 6. The molecule has 4 N–H and O–H groups in total. The highest BCUT2D eigenvalue weighted by Gasteiger charge is 2.19. The molecule has 4 aromatic rings. The lowest BCUT2D eigenvalue weighted by molar-refractivity contribution is 0.415. The third-order valence-corrected chi connectivity index (χ3v) is 5.64. The molecule has 0 unspecified atom stereocenters. The van der Waals surface area contributed by atoms with Gasteiger partial charge in [-0.3, -0.25) is 4.72 Å². The third-order valence-electron chi connectivity index (χ3n) is 4.28. The van der Waals surface area contributed by atoms with Gasteiger partial charge in [-0.1, -0.05) is 30.3 Å². The Morgan fingerprint density at radius 1 is 0.867 bits per heavy atom. The Labute approximate surface area is 173 Å². The summed E-state index contributed by atoms with van der Waals surface area (Å²) in [6, 6.07) is 20.3. The number of benzene rings is 3. The van der Waals surface area contributed by atoms with E-state index in [1.165, 1.54) is 19.2 Å². The number of nitrogens with one attached hydrogen (secondary N) is 2. The molecule has 0 bridgehead atoms. The van der Waals surface area contributed by atoms with E-state index in [0.29, 0.717) is 28.2 Å². The summed E-state index contributed by atoms with van der Waals surface area (Å²) in [5.41, 5.74) is 8.16. The van der Waals surface area contributed by atoms with E-state index >= 15 is 0 Å². The zero-order valence-electron chi connectivity index (χ0n) is 16.0. The molecule has 0 saturated heterocycles. The van der Waals surface area contributed by atoms with Gasteiger partial charge in [0.1, 0.15) is 5.75 Å². The SMILES string of the molecule is COc1cc(N)cc(Nc2nc3ccccc3nc2NS(=O)(=O)c2ccccc2)c1. The second kappa shape index (κ2) is 7.88. The van der Waals surface area contributed by atoms with Gasteiger partial charge < -0.3 is 15.8 Å². The lowest BCUT2D eigenvalue weighted by Gasteiger charge is -2.14. The van der Waals surface area contributed by atoms with Crippen molar-refractivity contribution in [1.82, 2.24) is 9.97 Å². The highest BCUT2D eigenvalue weighted by atomic mass is 32.2. The number of aromatic nitrogens is 2. The average Bonchev–Trinajstić information content (AvgIpc) is 2.74. The Balaban J connectivity index is 1.79. The summed E-state index contributed by atoms with van der Waals surface area (Å²) < 4.78 is 33.5. The number of sulfonamides is 1. The van der Waals surface area contributed by atoms with E-state index in [4.69, 9.17) is 10.5 Å². The monoisotopic (exact) mass is 421 g/mol. The summed E-state index contributed by atoms with van der Waals surface area (Å²) in [7, 11) is -2.32. The van der Waals surface area contributed by atoms with Crippen molar-refractivity contribution in [3.8, 4) is 5.75 Å². The molecule has 1 aromatic heterocycles. The fraction of sp³-hybridized carbons (Fsp3) is 0.0476. The summed E-state index contributed by atoms with van der Waals surface area (Å²) in [4.78, 5) is 9.14. The molecular weight excluding hydrogens is 402 g/mol. The van der Waals surface area contributed by atoms with Gasteiger partial charge in [0.05, 0.1) is 23.0 Å². The summed E-state index contributed by atoms with van der Waals surface area (Å²) in [5.74, 6) is 0.859. The summed E-state index contributed by atoms with van der Waals surface area (Å²) >= 11 is 0. The molecule has 1 heterocycles. The zero-order chi connectivity index (χ0) is 21.1. The molecule has 0 saturated carbocycles. The van der Waals surface area contributed by atoms with Gasteiger partial charge in [0.2, 0.25) is 0 Å². The Hall–Kier alpha value is -3.85. The number of nitrogens with zero attached hydrogens (tertiary/aromatic N) is 2. The molecule has 0 fully saturated rings. The molecule has 30 heavy (non-hydrogen) atoms. The van der Waals surface area contributed by atoms with E-state index in [-0.39, 0.29) is 16.5 Å². The van der Waals surface area contributed by atoms with E-state index in [1.807, 2.05) is 12.1 Å². The maximum absolute atomic E-state index is 12.9. The van der Waals surface area contributed by atoms with Gasteiger partial charge in [0.25, 0.3) is 10.0 Å². The van der Waals surface area contributed by atoms with Gasteiger partial charge in [-0.25, -0.2) is 18.4 Å². The van der Waals surface area contributed by atoms with Crippen molar-refractivity contribution in [2.75, 3.05) is 22.9 Å². The van der Waals surface area contributed by atoms with Crippen LogP contribution in [0.3, 0.4) is 0 Å². The first-order valence-electron chi connectivity index (χ1n) is 9.01. The third kappa shape index (κ3) is 4.11. The first-order chi connectivity index (χ1) is 14.4. The van der Waals surface area contributed by atoms with Gasteiger partial charge in [0, 0.05) is 23.5 Å². The highest BCUT2D eigenvalue weighted by molar-refractivity contribution is 7.92. The number of nitrogens with two attached hydrogens (primary N) is 1. The first kappa shape index (κ1) is 19.5. The predicted molar refractivity (Wildman–Crippen MR) is 117 cm³/mol. The number of para-hydroxylation sites is 2. The van der Waals surface area contributed by atoms with E-state index in [2.05, 4.69) is 20.0 Å². The van der Waals surface area contributed by atoms with Crippen LogP contribution in [0.2, 0.25) is 0 Å². The van der Waals surface area contributed by atoms with Crippen LogP contribution in [-0.2, 0) is 10.0 Å². The molecule has 0 aliphatic heterocycles. The fourth-order valence-electron chi connectivity index (χ4n) is 2.89. The minimum absolute atomic E-state index is 0.0685. The molecule has 0 aliphatic rings. The molecule has 152 valence electrons. The molecule has 9 heteroatoms. The maximum atomic E-state index is 12.9. The first-order valence-corrected chi connectivity index (χ1v) is 10.5. The van der Waals surface area contributed by atoms with Crippen molar-refractivity contribution >= 4 is 44.1 Å². The smallest absolute Gasteiger partial charge is 0.263 e. The molecule has 0 spiro atoms. The van der Waals surface area contributed by atoms with Crippen LogP contribution < -0.4 is 20.5 Å². The molecule has 8 nitrogen and oxygen atoms in total. The summed E-state index contributed by atoms with van der Waals surface area (Å²) in [5, 5.41) is 3.09. The Morgan fingerprint density at radius 2 is 1.50 bits per heavy atom. The van der Waals surface area contributed by atoms with Crippen LogP contribution in [0.15, 0.2) is 77.7 Å². The quantitative estimate of drug-likeness (QED) is 0.406. The van der Waals surface area contributed by atoms with Crippen LogP contribution in [0.1, 0.15) is 0 Å². The van der Waals surface area contributed by atoms with Crippen molar-refractivity contribution in [3.63, 3.8) is 0 Å². The van der Waals surface area contributed by atoms with Crippen LogP contribution in [0.25, 0.3) is 11.0 Å². The van der Waals surface area contributed by atoms with Crippen LogP contribution in [0.4, 0.5) is 23.0 Å². The number of hydrogen-bond donors (Lipinski definition) is 3. The van der Waals surface area contributed by atoms with Crippen molar-refractivity contribution in [2.24, 2.45) is 0 Å². The number of hydrogen-bond acceptors (Lipinski definition) is 7. The van der Waals surface area contributed by atoms with Crippen molar-refractivity contribution in [2.45, 2.75) is 4.90 Å². The molecule has 4 rings (SSSR count). The largest absolute Gasteiger partial charge is 0.497 e. The van der Waals surface area contributed by atoms with Crippen molar-refractivity contribution < 1.29 is 13.2 Å². The number of anilines is 4. The zero-order valence-corrected chi connectivity index (χ0v) is 16.8. The van der Waals surface area contributed by atoms with Gasteiger partial charge >= 0.3 is 0 Å². The minimum Gasteiger partial charge on any atom is -0.497 e. The van der Waals surface area contributed by atoms with Crippen LogP contribution in [-0.4, -0.2) is 25.5 Å². The predicted octanol–water partition coefficient (Wildman–Crippen LogP) is 3.77. The molecule has 3 aromatic carbocycles. The Bertz CT molecular complexity index is 1310. The minimum atomic E-state index is -3.86. The second-order valence-corrected chi connectivity index (χ2v) is 8.13. The van der Waals surface area contributed by atoms with E-state index in [0.717, 1.165) is 0 Å². The molecule has 0 atom stereocenters. The van der Waals surface area contributed by atoms with Crippen molar-refractivity contribution in [3.05, 3.63) is 72.8 Å². The van der Waals surface area contributed by atoms with Gasteiger partial charge in [-0.15, -0.1) is 0 Å². The fourth-order valence-corrected chi connectivity index (χ4v) is 3.92. The van der Waals surface area contributed by atoms with E-state index in [1.54, 1.807) is 48.5 Å². The second-order valence-electron chi connectivity index (χ2n) is 6.45. The lowest BCUT2D eigenvalue weighted by atomic mass is 10.2. The average molecular weight is 421 g/mol. The molecular formula is C21H19N5O3S. The molecule has 0 radical (unpaired) electrons. The summed E-state index contributed by atoms with van der Waals surface area (Å²) in [6.07, 6.45) is 0. The lowest BCUT2D eigenvalue weighted by Crippen LogP contribution is -2.16. The molecule has 0 amide bonds. The maximum Gasteiger partial charge on any atom is 0.263 e. The van der Waals surface area contributed by atoms with Crippen LogP contribution in [0, 0.1) is 0 Å². The highest BCUT2D eigenvalue weighted by Crippen LogP contribution is 2.29.